The van der Waals surface area contributed by atoms with Crippen molar-refractivity contribution in [2.45, 2.75) is 26.4 Å². The van der Waals surface area contributed by atoms with Crippen molar-refractivity contribution in [1.29, 1.82) is 0 Å². The normalized spacial score (nSPS) is 11.2. The zero-order valence-electron chi connectivity index (χ0n) is 8.42. The molecule has 1 rings (SSSR count). The maximum Gasteiger partial charge on any atom is 0.0451 e. The van der Waals surface area contributed by atoms with E-state index < -0.39 is 0 Å². The molecule has 0 bridgehead atoms. The van der Waals surface area contributed by atoms with Crippen LogP contribution in [0.1, 0.15) is 19.4 Å². The summed E-state index contributed by atoms with van der Waals surface area (Å²) in [5.74, 6) is 0. The molecule has 0 aromatic heterocycles. The average molecular weight is 198 g/mol. The van der Waals surface area contributed by atoms with Crippen molar-refractivity contribution in [3.63, 3.8) is 0 Å². The maximum atomic E-state index is 6.05. The largest absolute Gasteiger partial charge is 0.300 e. The molecule has 1 aromatic carbocycles. The van der Waals surface area contributed by atoms with Gasteiger partial charge in [-0.2, -0.15) is 0 Å². The Morgan fingerprint density at radius 2 is 1.92 bits per heavy atom. The van der Waals surface area contributed by atoms with Crippen LogP contribution in [0.4, 0.5) is 0 Å². The highest BCUT2D eigenvalue weighted by molar-refractivity contribution is 6.31. The lowest BCUT2D eigenvalue weighted by atomic mass is 10.2. The summed E-state index contributed by atoms with van der Waals surface area (Å²) in [6, 6.07) is 8.54. The van der Waals surface area contributed by atoms with Crippen molar-refractivity contribution in [2.75, 3.05) is 7.05 Å². The molecule has 0 aliphatic rings. The molecule has 0 unspecified atom stereocenters. The summed E-state index contributed by atoms with van der Waals surface area (Å²) in [5, 5.41) is 0.856. The molecular weight excluding hydrogens is 182 g/mol. The Hall–Kier alpha value is -0.530. The lowest BCUT2D eigenvalue weighted by Crippen LogP contribution is -2.25. The van der Waals surface area contributed by atoms with Crippen LogP contribution in [0, 0.1) is 0 Å². The van der Waals surface area contributed by atoms with Crippen molar-refractivity contribution < 1.29 is 0 Å². The van der Waals surface area contributed by atoms with Crippen molar-refractivity contribution in [1.82, 2.24) is 4.90 Å². The molecule has 0 fully saturated rings. The summed E-state index contributed by atoms with van der Waals surface area (Å²) >= 11 is 6.05. The summed E-state index contributed by atoms with van der Waals surface area (Å²) in [5.41, 5.74) is 1.19. The van der Waals surface area contributed by atoms with Crippen LogP contribution in [-0.2, 0) is 6.54 Å². The first-order valence-corrected chi connectivity index (χ1v) is 4.92. The lowest BCUT2D eigenvalue weighted by Gasteiger charge is -2.21. The first-order chi connectivity index (χ1) is 6.11. The predicted octanol–water partition coefficient (Wildman–Crippen LogP) is 3.18. The van der Waals surface area contributed by atoms with Gasteiger partial charge < -0.3 is 0 Å². The van der Waals surface area contributed by atoms with Crippen LogP contribution < -0.4 is 0 Å². The standard InChI is InChI=1S/C11H16ClN/c1-9(2)13(3)8-10-6-4-5-7-11(10)12/h4-7,9H,8H2,1-3H3. The number of rotatable bonds is 3. The van der Waals surface area contributed by atoms with Gasteiger partial charge in [0.25, 0.3) is 0 Å². The fraction of sp³-hybridized carbons (Fsp3) is 0.455. The SMILES string of the molecule is CC(C)N(C)Cc1ccccc1Cl. The summed E-state index contributed by atoms with van der Waals surface area (Å²) in [6.07, 6.45) is 0. The molecule has 1 nitrogen and oxygen atoms in total. The number of nitrogens with zero attached hydrogens (tertiary/aromatic N) is 1. The van der Waals surface area contributed by atoms with Gasteiger partial charge in [-0.05, 0) is 32.5 Å². The van der Waals surface area contributed by atoms with Gasteiger partial charge in [-0.3, -0.25) is 4.90 Å². The van der Waals surface area contributed by atoms with Crippen LogP contribution in [-0.4, -0.2) is 18.0 Å². The summed E-state index contributed by atoms with van der Waals surface area (Å²) in [6.45, 7) is 5.27. The minimum absolute atomic E-state index is 0.552. The minimum Gasteiger partial charge on any atom is -0.300 e. The summed E-state index contributed by atoms with van der Waals surface area (Å²) in [4.78, 5) is 2.27. The number of benzene rings is 1. The molecule has 0 saturated heterocycles. The third-order valence-electron chi connectivity index (χ3n) is 2.26. The Morgan fingerprint density at radius 3 is 2.46 bits per heavy atom. The van der Waals surface area contributed by atoms with E-state index in [1.165, 1.54) is 5.56 Å². The van der Waals surface area contributed by atoms with Crippen LogP contribution in [0.15, 0.2) is 24.3 Å². The van der Waals surface area contributed by atoms with Crippen LogP contribution in [0.25, 0.3) is 0 Å². The Bertz CT molecular complexity index is 271. The molecule has 13 heavy (non-hydrogen) atoms. The van der Waals surface area contributed by atoms with Gasteiger partial charge >= 0.3 is 0 Å². The average Bonchev–Trinajstić information content (AvgIpc) is 2.08. The molecule has 0 amide bonds. The molecular formula is C11H16ClN. The molecule has 0 heterocycles. The highest BCUT2D eigenvalue weighted by Crippen LogP contribution is 2.16. The van der Waals surface area contributed by atoms with Gasteiger partial charge in [-0.15, -0.1) is 0 Å². The number of hydrogen-bond donors (Lipinski definition) is 0. The second kappa shape index (κ2) is 4.64. The van der Waals surface area contributed by atoms with Crippen LogP contribution in [0.5, 0.6) is 0 Å². The summed E-state index contributed by atoms with van der Waals surface area (Å²) in [7, 11) is 2.11. The van der Waals surface area contributed by atoms with Crippen molar-refractivity contribution in [3.05, 3.63) is 34.9 Å². The third-order valence-corrected chi connectivity index (χ3v) is 2.63. The Balaban J connectivity index is 2.69. The van der Waals surface area contributed by atoms with E-state index in [4.69, 9.17) is 11.6 Å². The first kappa shape index (κ1) is 10.6. The van der Waals surface area contributed by atoms with E-state index in [9.17, 15) is 0 Å². The van der Waals surface area contributed by atoms with E-state index in [1.807, 2.05) is 18.2 Å². The van der Waals surface area contributed by atoms with Crippen molar-refractivity contribution >= 4 is 11.6 Å². The van der Waals surface area contributed by atoms with E-state index in [1.54, 1.807) is 0 Å². The molecule has 0 spiro atoms. The zero-order valence-corrected chi connectivity index (χ0v) is 9.17. The molecule has 0 saturated carbocycles. The second-order valence-electron chi connectivity index (χ2n) is 3.60. The van der Waals surface area contributed by atoms with Gasteiger partial charge in [-0.25, -0.2) is 0 Å². The van der Waals surface area contributed by atoms with Gasteiger partial charge in [0.15, 0.2) is 0 Å². The fourth-order valence-corrected chi connectivity index (χ4v) is 1.27. The van der Waals surface area contributed by atoms with Crippen LogP contribution in [0.2, 0.25) is 5.02 Å². The Labute approximate surface area is 85.3 Å². The van der Waals surface area contributed by atoms with Gasteiger partial charge in [0, 0.05) is 17.6 Å². The summed E-state index contributed by atoms with van der Waals surface area (Å²) < 4.78 is 0. The van der Waals surface area contributed by atoms with E-state index in [-0.39, 0.29) is 0 Å². The Morgan fingerprint density at radius 1 is 1.31 bits per heavy atom. The van der Waals surface area contributed by atoms with Crippen LogP contribution in [0.3, 0.4) is 0 Å². The van der Waals surface area contributed by atoms with Gasteiger partial charge in [-0.1, -0.05) is 29.8 Å². The fourth-order valence-electron chi connectivity index (χ4n) is 1.08. The molecule has 0 aliphatic carbocycles. The van der Waals surface area contributed by atoms with E-state index in [0.717, 1.165) is 11.6 Å². The minimum atomic E-state index is 0.552. The molecule has 0 N–H and O–H groups in total. The van der Waals surface area contributed by atoms with Crippen molar-refractivity contribution in [3.8, 4) is 0 Å². The van der Waals surface area contributed by atoms with E-state index in [0.29, 0.717) is 6.04 Å². The topological polar surface area (TPSA) is 3.24 Å². The van der Waals surface area contributed by atoms with E-state index >= 15 is 0 Å². The number of halogens is 1. The van der Waals surface area contributed by atoms with Gasteiger partial charge in [0.2, 0.25) is 0 Å². The molecule has 0 atom stereocenters. The molecule has 72 valence electrons. The number of hydrogen-bond acceptors (Lipinski definition) is 1. The first-order valence-electron chi connectivity index (χ1n) is 4.55. The van der Waals surface area contributed by atoms with Gasteiger partial charge in [0.05, 0.1) is 0 Å². The predicted molar refractivity (Wildman–Crippen MR) is 58.1 cm³/mol. The molecule has 0 aliphatic heterocycles. The quantitative estimate of drug-likeness (QED) is 0.720. The molecule has 0 radical (unpaired) electrons. The highest BCUT2D eigenvalue weighted by atomic mass is 35.5. The highest BCUT2D eigenvalue weighted by Gasteiger charge is 2.05. The lowest BCUT2D eigenvalue weighted by molar-refractivity contribution is 0.266. The van der Waals surface area contributed by atoms with Crippen molar-refractivity contribution in [2.24, 2.45) is 0 Å². The van der Waals surface area contributed by atoms with E-state index in [2.05, 4.69) is 31.9 Å². The molecule has 1 aromatic rings. The smallest absolute Gasteiger partial charge is 0.0451 e. The molecule has 2 heteroatoms. The maximum absolute atomic E-state index is 6.05. The zero-order chi connectivity index (χ0) is 9.84. The third kappa shape index (κ3) is 3.02. The van der Waals surface area contributed by atoms with Crippen LogP contribution >= 0.6 is 11.6 Å². The monoisotopic (exact) mass is 197 g/mol. The second-order valence-corrected chi connectivity index (χ2v) is 4.01. The van der Waals surface area contributed by atoms with Gasteiger partial charge in [0.1, 0.15) is 0 Å². The Kier molecular flexibility index (Phi) is 3.76.